The molecule has 1 aliphatic rings. The molecule has 4 rings (SSSR count). The molecule has 146 valence electrons. The summed E-state index contributed by atoms with van der Waals surface area (Å²) in [6.07, 6.45) is 3.08. The van der Waals surface area contributed by atoms with Crippen LogP contribution >= 0.6 is 0 Å². The van der Waals surface area contributed by atoms with Gasteiger partial charge in [0.05, 0.1) is 22.6 Å². The normalized spacial score (nSPS) is 16.5. The Morgan fingerprint density at radius 3 is 2.72 bits per heavy atom. The van der Waals surface area contributed by atoms with Crippen LogP contribution in [0.1, 0.15) is 12.5 Å². The first-order valence-corrected chi connectivity index (χ1v) is 9.43. The van der Waals surface area contributed by atoms with E-state index < -0.39 is 0 Å². The van der Waals surface area contributed by atoms with Gasteiger partial charge in [0.2, 0.25) is 5.95 Å². The predicted octanol–water partition coefficient (Wildman–Crippen LogP) is 1.82. The van der Waals surface area contributed by atoms with Crippen molar-refractivity contribution in [1.29, 1.82) is 5.26 Å². The van der Waals surface area contributed by atoms with Crippen molar-refractivity contribution in [3.05, 3.63) is 64.8 Å². The molecule has 0 saturated carbocycles. The average Bonchev–Trinajstić information content (AvgIpc) is 2.76. The molecule has 0 unspecified atom stereocenters. The molecule has 0 radical (unpaired) electrons. The lowest BCUT2D eigenvalue weighted by Gasteiger charge is -2.42. The summed E-state index contributed by atoms with van der Waals surface area (Å²) in [5.74, 6) is 0.617. The molecule has 0 aliphatic carbocycles. The van der Waals surface area contributed by atoms with Gasteiger partial charge in [-0.05, 0) is 25.1 Å². The molecule has 2 aromatic heterocycles. The van der Waals surface area contributed by atoms with Gasteiger partial charge in [-0.3, -0.25) is 9.36 Å². The van der Waals surface area contributed by atoms with Crippen LogP contribution in [0.3, 0.4) is 0 Å². The van der Waals surface area contributed by atoms with E-state index in [2.05, 4.69) is 32.8 Å². The van der Waals surface area contributed by atoms with Crippen molar-refractivity contribution in [2.75, 3.05) is 29.4 Å². The number of benzene rings is 1. The highest BCUT2D eigenvalue weighted by atomic mass is 16.1. The summed E-state index contributed by atoms with van der Waals surface area (Å²) in [4.78, 5) is 29.8. The number of piperazine rings is 1. The topological polar surface area (TPSA) is 90.9 Å². The van der Waals surface area contributed by atoms with E-state index in [4.69, 9.17) is 4.98 Å². The van der Waals surface area contributed by atoms with Crippen LogP contribution in [-0.2, 0) is 7.05 Å². The van der Waals surface area contributed by atoms with Crippen LogP contribution in [0, 0.1) is 11.3 Å². The third-order valence-corrected chi connectivity index (χ3v) is 5.21. The molecule has 8 heteroatoms. The zero-order chi connectivity index (χ0) is 20.4. The van der Waals surface area contributed by atoms with Crippen molar-refractivity contribution < 1.29 is 0 Å². The minimum Gasteiger partial charge on any atom is -0.367 e. The Kier molecular flexibility index (Phi) is 4.96. The quantitative estimate of drug-likeness (QED) is 0.677. The first-order chi connectivity index (χ1) is 14.1. The van der Waals surface area contributed by atoms with Crippen LogP contribution in [0.5, 0.6) is 0 Å². The van der Waals surface area contributed by atoms with Gasteiger partial charge in [0.15, 0.2) is 0 Å². The lowest BCUT2D eigenvalue weighted by molar-refractivity contribution is 0.529. The zero-order valence-electron chi connectivity index (χ0n) is 16.4. The molecular formula is C21H21N7O. The van der Waals surface area contributed by atoms with Crippen LogP contribution in [0.25, 0.3) is 11.4 Å². The molecule has 3 heterocycles. The van der Waals surface area contributed by atoms with E-state index >= 15 is 0 Å². The number of aromatic nitrogens is 4. The van der Waals surface area contributed by atoms with Gasteiger partial charge in [0, 0.05) is 45.0 Å². The standard InChI is InChI=1S/C21H21N7O/c1-15-13-27(19-6-4-3-5-16(19)12-22)9-10-28(15)21-25-18(11-20(29)26(21)2)17-7-8-23-14-24-17/h3-8,11,14-15H,9-10,13H2,1-2H3/t15-/m1/s1. The smallest absolute Gasteiger partial charge is 0.255 e. The van der Waals surface area contributed by atoms with Crippen LogP contribution in [0.4, 0.5) is 11.6 Å². The molecule has 1 saturated heterocycles. The molecule has 8 nitrogen and oxygen atoms in total. The largest absolute Gasteiger partial charge is 0.367 e. The molecule has 29 heavy (non-hydrogen) atoms. The Morgan fingerprint density at radius 2 is 2.00 bits per heavy atom. The van der Waals surface area contributed by atoms with E-state index in [0.29, 0.717) is 29.4 Å². The minimum atomic E-state index is -0.131. The van der Waals surface area contributed by atoms with E-state index in [1.807, 2.05) is 24.3 Å². The number of hydrogen-bond donors (Lipinski definition) is 0. The molecule has 3 aromatic rings. The summed E-state index contributed by atoms with van der Waals surface area (Å²) in [7, 11) is 1.73. The van der Waals surface area contributed by atoms with Crippen molar-refractivity contribution in [1.82, 2.24) is 19.5 Å². The highest BCUT2D eigenvalue weighted by Crippen LogP contribution is 2.25. The molecule has 1 aliphatic heterocycles. The third kappa shape index (κ3) is 3.55. The van der Waals surface area contributed by atoms with Crippen molar-refractivity contribution in [3.8, 4) is 17.5 Å². The maximum absolute atomic E-state index is 12.6. The highest BCUT2D eigenvalue weighted by molar-refractivity contribution is 5.61. The van der Waals surface area contributed by atoms with Crippen LogP contribution < -0.4 is 15.4 Å². The average molecular weight is 387 g/mol. The fourth-order valence-corrected chi connectivity index (χ4v) is 3.68. The fourth-order valence-electron chi connectivity index (χ4n) is 3.68. The summed E-state index contributed by atoms with van der Waals surface area (Å²) < 4.78 is 1.57. The second kappa shape index (κ2) is 7.72. The SMILES string of the molecule is C[C@@H]1CN(c2ccccc2C#N)CCN1c1nc(-c2ccncn2)cc(=O)n1C. The lowest BCUT2D eigenvalue weighted by Crippen LogP contribution is -2.53. The van der Waals surface area contributed by atoms with E-state index in [-0.39, 0.29) is 11.6 Å². The number of rotatable bonds is 3. The van der Waals surface area contributed by atoms with Gasteiger partial charge in [0.25, 0.3) is 5.56 Å². The minimum absolute atomic E-state index is 0.106. The number of nitrogens with zero attached hydrogens (tertiary/aromatic N) is 7. The first-order valence-electron chi connectivity index (χ1n) is 9.43. The number of anilines is 2. The zero-order valence-corrected chi connectivity index (χ0v) is 16.4. The lowest BCUT2D eigenvalue weighted by atomic mass is 10.1. The Hall–Kier alpha value is -3.73. The van der Waals surface area contributed by atoms with E-state index in [0.717, 1.165) is 18.8 Å². The molecule has 1 fully saturated rings. The van der Waals surface area contributed by atoms with Crippen LogP contribution in [0.15, 0.2) is 53.7 Å². The number of para-hydroxylation sites is 1. The van der Waals surface area contributed by atoms with Crippen molar-refractivity contribution >= 4 is 11.6 Å². The van der Waals surface area contributed by atoms with Gasteiger partial charge in [0.1, 0.15) is 12.4 Å². The Morgan fingerprint density at radius 1 is 1.17 bits per heavy atom. The van der Waals surface area contributed by atoms with Crippen molar-refractivity contribution in [3.63, 3.8) is 0 Å². The number of hydrogen-bond acceptors (Lipinski definition) is 7. The summed E-state index contributed by atoms with van der Waals surface area (Å²) >= 11 is 0. The monoisotopic (exact) mass is 387 g/mol. The Labute approximate surface area is 168 Å². The third-order valence-electron chi connectivity index (χ3n) is 5.21. The summed E-state index contributed by atoms with van der Waals surface area (Å²) in [5.41, 5.74) is 2.64. The molecule has 0 spiro atoms. The second-order valence-corrected chi connectivity index (χ2v) is 7.05. The summed E-state index contributed by atoms with van der Waals surface area (Å²) in [6.45, 7) is 4.25. The van der Waals surface area contributed by atoms with E-state index in [1.54, 1.807) is 23.9 Å². The van der Waals surface area contributed by atoms with E-state index in [9.17, 15) is 10.1 Å². The van der Waals surface area contributed by atoms with Gasteiger partial charge in [-0.25, -0.2) is 15.0 Å². The molecule has 1 atom stereocenters. The molecular weight excluding hydrogens is 366 g/mol. The predicted molar refractivity (Wildman–Crippen MR) is 111 cm³/mol. The first kappa shape index (κ1) is 18.6. The number of nitriles is 1. The highest BCUT2D eigenvalue weighted by Gasteiger charge is 2.28. The summed E-state index contributed by atoms with van der Waals surface area (Å²) in [5, 5.41) is 9.41. The molecule has 0 bridgehead atoms. The van der Waals surface area contributed by atoms with E-state index in [1.165, 1.54) is 12.4 Å². The molecule has 0 amide bonds. The van der Waals surface area contributed by atoms with Gasteiger partial charge in [-0.15, -0.1) is 0 Å². The molecule has 0 N–H and O–H groups in total. The Balaban J connectivity index is 1.64. The second-order valence-electron chi connectivity index (χ2n) is 7.05. The Bertz CT molecular complexity index is 1120. The maximum Gasteiger partial charge on any atom is 0.255 e. The van der Waals surface area contributed by atoms with Gasteiger partial charge in [-0.1, -0.05) is 12.1 Å². The fraction of sp³-hybridized carbons (Fsp3) is 0.286. The van der Waals surface area contributed by atoms with Crippen LogP contribution in [0.2, 0.25) is 0 Å². The van der Waals surface area contributed by atoms with Gasteiger partial charge < -0.3 is 9.80 Å². The van der Waals surface area contributed by atoms with Crippen LogP contribution in [-0.4, -0.2) is 45.2 Å². The maximum atomic E-state index is 12.6. The summed E-state index contributed by atoms with van der Waals surface area (Å²) in [6, 6.07) is 13.2. The van der Waals surface area contributed by atoms with Crippen molar-refractivity contribution in [2.45, 2.75) is 13.0 Å². The molecule has 1 aromatic carbocycles. The van der Waals surface area contributed by atoms with Crippen molar-refractivity contribution in [2.24, 2.45) is 7.05 Å². The van der Waals surface area contributed by atoms with Gasteiger partial charge >= 0.3 is 0 Å². The van der Waals surface area contributed by atoms with Gasteiger partial charge in [-0.2, -0.15) is 5.26 Å².